The van der Waals surface area contributed by atoms with E-state index in [4.69, 9.17) is 4.74 Å². The summed E-state index contributed by atoms with van der Waals surface area (Å²) in [5.74, 6) is -0.0362. The first-order valence-corrected chi connectivity index (χ1v) is 12.9. The zero-order chi connectivity index (χ0) is 22.9. The maximum absolute atomic E-state index is 13.2. The van der Waals surface area contributed by atoms with E-state index in [1.807, 2.05) is 18.7 Å². The zero-order valence-electron chi connectivity index (χ0n) is 19.5. The van der Waals surface area contributed by atoms with Crippen molar-refractivity contribution in [2.75, 3.05) is 53.0 Å². The van der Waals surface area contributed by atoms with E-state index in [0.29, 0.717) is 12.1 Å². The maximum Gasteiger partial charge on any atom is 0.253 e. The molecule has 0 N–H and O–H groups in total. The van der Waals surface area contributed by atoms with Gasteiger partial charge in [0.25, 0.3) is 5.91 Å². The Kier molecular flexibility index (Phi) is 10.4. The second kappa shape index (κ2) is 12.5. The van der Waals surface area contributed by atoms with E-state index in [1.165, 1.54) is 10.7 Å². The number of hydrogen-bond acceptors (Lipinski definition) is 5. The Morgan fingerprint density at radius 2 is 1.71 bits per heavy atom. The summed E-state index contributed by atoms with van der Waals surface area (Å²) in [5, 5.41) is 0. The van der Waals surface area contributed by atoms with E-state index in [-0.39, 0.29) is 16.8 Å². The smallest absolute Gasteiger partial charge is 0.253 e. The Hall–Kier alpha value is -1.48. The molecule has 31 heavy (non-hydrogen) atoms. The fraction of sp³-hybridized carbons (Fsp3) is 0.696. The van der Waals surface area contributed by atoms with Gasteiger partial charge in [0.1, 0.15) is 0 Å². The molecule has 1 amide bonds. The van der Waals surface area contributed by atoms with Crippen molar-refractivity contribution >= 4 is 15.9 Å². The highest BCUT2D eigenvalue weighted by Crippen LogP contribution is 2.18. The van der Waals surface area contributed by atoms with Crippen molar-refractivity contribution in [2.24, 2.45) is 0 Å². The van der Waals surface area contributed by atoms with Crippen LogP contribution in [-0.4, -0.2) is 87.5 Å². The van der Waals surface area contributed by atoms with Crippen LogP contribution in [0, 0.1) is 0 Å². The van der Waals surface area contributed by atoms with Crippen molar-refractivity contribution in [3.05, 3.63) is 29.8 Å². The summed E-state index contributed by atoms with van der Waals surface area (Å²) in [6.45, 7) is 11.3. The Morgan fingerprint density at radius 3 is 2.29 bits per heavy atom. The normalized spacial score (nSPS) is 15.5. The maximum atomic E-state index is 13.2. The Balaban J connectivity index is 2.08. The Labute approximate surface area is 188 Å². The van der Waals surface area contributed by atoms with Gasteiger partial charge in [0, 0.05) is 51.4 Å². The van der Waals surface area contributed by atoms with Gasteiger partial charge in [-0.1, -0.05) is 26.2 Å². The van der Waals surface area contributed by atoms with Crippen LogP contribution in [0.25, 0.3) is 0 Å². The molecule has 0 saturated carbocycles. The number of amides is 1. The molecule has 0 radical (unpaired) electrons. The third-order valence-electron chi connectivity index (χ3n) is 5.86. The first-order chi connectivity index (χ1) is 14.8. The minimum absolute atomic E-state index is 0.0362. The minimum Gasteiger partial charge on any atom is -0.379 e. The average Bonchev–Trinajstić information content (AvgIpc) is 2.78. The summed E-state index contributed by atoms with van der Waals surface area (Å²) in [6, 6.07) is 6.22. The number of unbranched alkanes of at least 4 members (excludes halogenated alkanes) is 3. The van der Waals surface area contributed by atoms with Crippen LogP contribution in [0.3, 0.4) is 0 Å². The van der Waals surface area contributed by atoms with E-state index in [9.17, 15) is 13.2 Å². The molecule has 0 atom stereocenters. The van der Waals surface area contributed by atoms with Crippen LogP contribution in [0.1, 0.15) is 56.8 Å². The quantitative estimate of drug-likeness (QED) is 0.455. The third-order valence-corrected chi connectivity index (χ3v) is 7.91. The molecule has 1 aromatic rings. The molecule has 176 valence electrons. The summed E-state index contributed by atoms with van der Waals surface area (Å²) >= 11 is 0. The molecule has 0 spiro atoms. The van der Waals surface area contributed by atoms with Crippen LogP contribution < -0.4 is 0 Å². The Morgan fingerprint density at radius 1 is 1.06 bits per heavy atom. The number of ether oxygens (including phenoxy) is 1. The lowest BCUT2D eigenvalue weighted by Crippen LogP contribution is -2.43. The van der Waals surface area contributed by atoms with E-state index >= 15 is 0 Å². The molecule has 1 saturated heterocycles. The molecule has 1 aliphatic rings. The van der Waals surface area contributed by atoms with Crippen LogP contribution in [0.15, 0.2) is 29.2 Å². The fourth-order valence-electron chi connectivity index (χ4n) is 3.53. The van der Waals surface area contributed by atoms with Gasteiger partial charge in [-0.15, -0.1) is 0 Å². The molecular formula is C23H39N3O4S. The molecule has 2 rings (SSSR count). The summed E-state index contributed by atoms with van der Waals surface area (Å²) in [5.41, 5.74) is 0.531. The summed E-state index contributed by atoms with van der Waals surface area (Å²) in [4.78, 5) is 17.7. The molecule has 0 unspecified atom stereocenters. The number of hydrogen-bond donors (Lipinski definition) is 0. The Bertz CT molecular complexity index is 775. The second-order valence-electron chi connectivity index (χ2n) is 8.45. The van der Waals surface area contributed by atoms with Crippen LogP contribution in [0.4, 0.5) is 0 Å². The topological polar surface area (TPSA) is 70.2 Å². The van der Waals surface area contributed by atoms with Gasteiger partial charge < -0.3 is 9.64 Å². The number of nitrogens with zero attached hydrogens (tertiary/aromatic N) is 3. The van der Waals surface area contributed by atoms with E-state index in [1.54, 1.807) is 31.3 Å². The first kappa shape index (κ1) is 25.8. The van der Waals surface area contributed by atoms with E-state index in [2.05, 4.69) is 11.8 Å². The zero-order valence-corrected chi connectivity index (χ0v) is 20.4. The molecule has 1 aliphatic heterocycles. The van der Waals surface area contributed by atoms with Gasteiger partial charge in [0.2, 0.25) is 10.0 Å². The molecule has 8 heteroatoms. The molecule has 0 aromatic heterocycles. The number of carbonyl (C=O) groups is 1. The monoisotopic (exact) mass is 453 g/mol. The second-order valence-corrected chi connectivity index (χ2v) is 10.4. The van der Waals surface area contributed by atoms with Crippen molar-refractivity contribution in [3.63, 3.8) is 0 Å². The lowest BCUT2D eigenvalue weighted by Gasteiger charge is -2.30. The van der Waals surface area contributed by atoms with Crippen molar-refractivity contribution in [3.8, 4) is 0 Å². The van der Waals surface area contributed by atoms with Gasteiger partial charge in [-0.2, -0.15) is 4.31 Å². The molecule has 1 heterocycles. The summed E-state index contributed by atoms with van der Waals surface area (Å²) in [6.07, 6.45) is 4.41. The number of rotatable bonds is 12. The standard InChI is InChI=1S/C23H39N3O4S/c1-5-6-7-8-13-26(15-14-25-16-18-30-19-17-25)23(27)21-9-11-22(12-10-21)31(28,29)24(4)20(2)3/h9-12,20H,5-8,13-19H2,1-4H3. The van der Waals surface area contributed by atoms with Gasteiger partial charge in [0.15, 0.2) is 0 Å². The van der Waals surface area contributed by atoms with Crippen LogP contribution in [0.5, 0.6) is 0 Å². The summed E-state index contributed by atoms with van der Waals surface area (Å²) < 4.78 is 32.1. The van der Waals surface area contributed by atoms with Crippen LogP contribution >= 0.6 is 0 Å². The number of morpholine rings is 1. The predicted octanol–water partition coefficient (Wildman–Crippen LogP) is 3.07. The lowest BCUT2D eigenvalue weighted by molar-refractivity contribution is 0.0324. The van der Waals surface area contributed by atoms with Gasteiger partial charge in [-0.05, 0) is 44.5 Å². The van der Waals surface area contributed by atoms with E-state index < -0.39 is 10.0 Å². The molecular weight excluding hydrogens is 414 g/mol. The fourth-order valence-corrected chi connectivity index (χ4v) is 4.89. The van der Waals surface area contributed by atoms with Gasteiger partial charge in [-0.3, -0.25) is 9.69 Å². The molecule has 1 fully saturated rings. The first-order valence-electron chi connectivity index (χ1n) is 11.4. The molecule has 7 nitrogen and oxygen atoms in total. The molecule has 0 bridgehead atoms. The van der Waals surface area contributed by atoms with Gasteiger partial charge in [0.05, 0.1) is 18.1 Å². The highest BCUT2D eigenvalue weighted by molar-refractivity contribution is 7.89. The number of carbonyl (C=O) groups excluding carboxylic acids is 1. The van der Waals surface area contributed by atoms with Crippen molar-refractivity contribution in [1.29, 1.82) is 0 Å². The number of sulfonamides is 1. The van der Waals surface area contributed by atoms with Gasteiger partial charge >= 0.3 is 0 Å². The largest absolute Gasteiger partial charge is 0.379 e. The SMILES string of the molecule is CCCCCCN(CCN1CCOCC1)C(=O)c1ccc(S(=O)(=O)N(C)C(C)C)cc1. The summed E-state index contributed by atoms with van der Waals surface area (Å²) in [7, 11) is -1.98. The van der Waals surface area contributed by atoms with Crippen LogP contribution in [-0.2, 0) is 14.8 Å². The highest BCUT2D eigenvalue weighted by Gasteiger charge is 2.24. The average molecular weight is 454 g/mol. The minimum atomic E-state index is -3.56. The van der Waals surface area contributed by atoms with Crippen molar-refractivity contribution in [1.82, 2.24) is 14.1 Å². The van der Waals surface area contributed by atoms with E-state index in [0.717, 1.165) is 58.7 Å². The van der Waals surface area contributed by atoms with Crippen molar-refractivity contribution < 1.29 is 17.9 Å². The van der Waals surface area contributed by atoms with Gasteiger partial charge in [-0.25, -0.2) is 8.42 Å². The number of benzene rings is 1. The molecule has 0 aliphatic carbocycles. The lowest BCUT2D eigenvalue weighted by atomic mass is 10.1. The predicted molar refractivity (Wildman–Crippen MR) is 124 cm³/mol. The highest BCUT2D eigenvalue weighted by atomic mass is 32.2. The third kappa shape index (κ3) is 7.56. The van der Waals surface area contributed by atoms with Crippen molar-refractivity contribution in [2.45, 2.75) is 57.4 Å². The molecule has 1 aromatic carbocycles. The van der Waals surface area contributed by atoms with Crippen LogP contribution in [0.2, 0.25) is 0 Å².